The molecule has 0 amide bonds. The van der Waals surface area contributed by atoms with Crippen LogP contribution in [0.1, 0.15) is 26.2 Å². The summed E-state index contributed by atoms with van der Waals surface area (Å²) >= 11 is 0. The molecule has 1 aliphatic heterocycles. The molecule has 0 saturated carbocycles. The van der Waals surface area contributed by atoms with E-state index in [0.717, 1.165) is 38.9 Å². The van der Waals surface area contributed by atoms with Gasteiger partial charge in [0.25, 0.3) is 0 Å². The van der Waals surface area contributed by atoms with Crippen LogP contribution in [0.2, 0.25) is 0 Å². The van der Waals surface area contributed by atoms with Gasteiger partial charge in [-0.05, 0) is 25.8 Å². The Kier molecular flexibility index (Phi) is 4.67. The van der Waals surface area contributed by atoms with Gasteiger partial charge in [-0.3, -0.25) is 10.1 Å². The van der Waals surface area contributed by atoms with E-state index < -0.39 is 4.92 Å². The average Bonchev–Trinajstić information content (AvgIpc) is 2.41. The fraction of sp³-hybridized carbons (Fsp3) is 0.667. The number of nitrogens with zero attached hydrogens (tertiary/aromatic N) is 4. The fourth-order valence-corrected chi connectivity index (χ4v) is 2.49. The van der Waals surface area contributed by atoms with Gasteiger partial charge in [-0.25, -0.2) is 9.97 Å². The van der Waals surface area contributed by atoms with E-state index in [1.165, 1.54) is 6.33 Å². The summed E-state index contributed by atoms with van der Waals surface area (Å²) in [5.41, 5.74) is 5.32. The molecule has 0 atom stereocenters. The standard InChI is InChI=1S/C12H20N6O2/c1-2-5-17-6-3-9(4-7-17)16-12-10(18(19)20)11(13)14-8-15-12/h8-9H,2-7H2,1H3,(H3,13,14,15,16). The highest BCUT2D eigenvalue weighted by molar-refractivity contribution is 5.67. The summed E-state index contributed by atoms with van der Waals surface area (Å²) in [5.74, 6) is 0.118. The van der Waals surface area contributed by atoms with Crippen molar-refractivity contribution < 1.29 is 4.92 Å². The third-order valence-corrected chi connectivity index (χ3v) is 3.50. The summed E-state index contributed by atoms with van der Waals surface area (Å²) in [6, 6.07) is 0.191. The van der Waals surface area contributed by atoms with Crippen LogP contribution < -0.4 is 11.1 Å². The lowest BCUT2D eigenvalue weighted by molar-refractivity contribution is -0.383. The van der Waals surface area contributed by atoms with Crippen molar-refractivity contribution in [3.05, 3.63) is 16.4 Å². The zero-order valence-electron chi connectivity index (χ0n) is 11.6. The van der Waals surface area contributed by atoms with Gasteiger partial charge < -0.3 is 16.0 Å². The summed E-state index contributed by atoms with van der Waals surface area (Å²) in [4.78, 5) is 20.5. The second-order valence-electron chi connectivity index (χ2n) is 4.97. The Bertz CT molecular complexity index is 473. The van der Waals surface area contributed by atoms with E-state index >= 15 is 0 Å². The monoisotopic (exact) mass is 280 g/mol. The van der Waals surface area contributed by atoms with Crippen LogP contribution >= 0.6 is 0 Å². The van der Waals surface area contributed by atoms with Crippen molar-refractivity contribution in [2.75, 3.05) is 30.7 Å². The summed E-state index contributed by atoms with van der Waals surface area (Å²) in [7, 11) is 0. The molecule has 8 nitrogen and oxygen atoms in total. The lowest BCUT2D eigenvalue weighted by atomic mass is 10.0. The molecule has 20 heavy (non-hydrogen) atoms. The highest BCUT2D eigenvalue weighted by Gasteiger charge is 2.25. The molecular weight excluding hydrogens is 260 g/mol. The maximum Gasteiger partial charge on any atom is 0.352 e. The summed E-state index contributed by atoms with van der Waals surface area (Å²) in [6.07, 6.45) is 4.28. The molecule has 0 spiro atoms. The van der Waals surface area contributed by atoms with Gasteiger partial charge in [-0.2, -0.15) is 0 Å². The Hall–Kier alpha value is -1.96. The first-order valence-corrected chi connectivity index (χ1v) is 6.85. The van der Waals surface area contributed by atoms with E-state index in [2.05, 4.69) is 27.1 Å². The molecule has 3 N–H and O–H groups in total. The summed E-state index contributed by atoms with van der Waals surface area (Å²) in [5, 5.41) is 14.2. The van der Waals surface area contributed by atoms with Crippen molar-refractivity contribution in [1.29, 1.82) is 0 Å². The summed E-state index contributed by atoms with van der Waals surface area (Å²) in [6.45, 7) is 5.27. The Labute approximate surface area is 117 Å². The molecule has 2 heterocycles. The highest BCUT2D eigenvalue weighted by Crippen LogP contribution is 2.28. The van der Waals surface area contributed by atoms with Crippen LogP contribution in [-0.4, -0.2) is 45.5 Å². The smallest absolute Gasteiger partial charge is 0.352 e. The van der Waals surface area contributed by atoms with Crippen LogP contribution in [0.4, 0.5) is 17.3 Å². The van der Waals surface area contributed by atoms with Gasteiger partial charge >= 0.3 is 5.69 Å². The van der Waals surface area contributed by atoms with Gasteiger partial charge in [-0.1, -0.05) is 6.92 Å². The minimum absolute atomic E-state index is 0.101. The lowest BCUT2D eigenvalue weighted by Gasteiger charge is -2.32. The number of anilines is 2. The van der Waals surface area contributed by atoms with Gasteiger partial charge in [0.1, 0.15) is 6.33 Å². The van der Waals surface area contributed by atoms with Crippen molar-refractivity contribution in [1.82, 2.24) is 14.9 Å². The van der Waals surface area contributed by atoms with Gasteiger partial charge in [0.2, 0.25) is 11.6 Å². The molecule has 1 aliphatic rings. The molecule has 110 valence electrons. The largest absolute Gasteiger partial charge is 0.378 e. The predicted octanol–water partition coefficient (Wildman–Crippen LogP) is 1.25. The molecule has 0 unspecified atom stereocenters. The van der Waals surface area contributed by atoms with Gasteiger partial charge in [-0.15, -0.1) is 0 Å². The van der Waals surface area contributed by atoms with Crippen LogP contribution in [0.3, 0.4) is 0 Å². The topological polar surface area (TPSA) is 110 Å². The number of likely N-dealkylation sites (tertiary alicyclic amines) is 1. The molecule has 1 aromatic rings. The van der Waals surface area contributed by atoms with Crippen molar-refractivity contribution >= 4 is 17.3 Å². The Morgan fingerprint density at radius 3 is 2.80 bits per heavy atom. The molecule has 1 aromatic heterocycles. The second-order valence-corrected chi connectivity index (χ2v) is 4.97. The van der Waals surface area contributed by atoms with Crippen LogP contribution in [-0.2, 0) is 0 Å². The first kappa shape index (κ1) is 14.4. The molecule has 0 aromatic carbocycles. The maximum absolute atomic E-state index is 11.0. The zero-order valence-corrected chi connectivity index (χ0v) is 11.6. The molecular formula is C12H20N6O2. The van der Waals surface area contributed by atoms with E-state index in [4.69, 9.17) is 5.73 Å². The molecule has 8 heteroatoms. The quantitative estimate of drug-likeness (QED) is 0.617. The predicted molar refractivity (Wildman–Crippen MR) is 76.5 cm³/mol. The van der Waals surface area contributed by atoms with Crippen LogP contribution in [0.15, 0.2) is 6.33 Å². The molecule has 1 saturated heterocycles. The zero-order chi connectivity index (χ0) is 14.5. The summed E-state index contributed by atoms with van der Waals surface area (Å²) < 4.78 is 0. The number of hydrogen-bond acceptors (Lipinski definition) is 7. The SMILES string of the molecule is CCCN1CCC(Nc2ncnc(N)c2[N+](=O)[O-])CC1. The lowest BCUT2D eigenvalue weighted by Crippen LogP contribution is -2.39. The van der Waals surface area contributed by atoms with Crippen LogP contribution in [0, 0.1) is 10.1 Å². The molecule has 0 aliphatic carbocycles. The van der Waals surface area contributed by atoms with Crippen molar-refractivity contribution in [3.8, 4) is 0 Å². The Balaban J connectivity index is 2.01. The van der Waals surface area contributed by atoms with E-state index in [-0.39, 0.29) is 23.4 Å². The minimum atomic E-state index is -0.538. The van der Waals surface area contributed by atoms with Crippen LogP contribution in [0.5, 0.6) is 0 Å². The van der Waals surface area contributed by atoms with E-state index in [1.54, 1.807) is 0 Å². The molecule has 0 bridgehead atoms. The Morgan fingerprint density at radius 1 is 1.50 bits per heavy atom. The first-order valence-electron chi connectivity index (χ1n) is 6.85. The third-order valence-electron chi connectivity index (χ3n) is 3.50. The molecule has 0 radical (unpaired) electrons. The first-order chi connectivity index (χ1) is 9.61. The van der Waals surface area contributed by atoms with Gasteiger partial charge in [0, 0.05) is 19.1 Å². The number of piperidine rings is 1. The number of nitrogen functional groups attached to an aromatic ring is 1. The molecule has 2 rings (SSSR count). The van der Waals surface area contributed by atoms with Gasteiger partial charge in [0.15, 0.2) is 0 Å². The van der Waals surface area contributed by atoms with Crippen molar-refractivity contribution in [2.24, 2.45) is 0 Å². The second kappa shape index (κ2) is 6.47. The van der Waals surface area contributed by atoms with E-state index in [0.29, 0.717) is 0 Å². The number of aromatic nitrogens is 2. The number of hydrogen-bond donors (Lipinski definition) is 2. The average molecular weight is 280 g/mol. The molecule has 1 fully saturated rings. The normalized spacial score (nSPS) is 17.1. The van der Waals surface area contributed by atoms with Crippen LogP contribution in [0.25, 0.3) is 0 Å². The van der Waals surface area contributed by atoms with Gasteiger partial charge in [0.05, 0.1) is 4.92 Å². The number of nitrogens with two attached hydrogens (primary N) is 1. The van der Waals surface area contributed by atoms with E-state index in [1.807, 2.05) is 0 Å². The third kappa shape index (κ3) is 3.32. The van der Waals surface area contributed by atoms with Crippen molar-refractivity contribution in [3.63, 3.8) is 0 Å². The number of nitro groups is 1. The fourth-order valence-electron chi connectivity index (χ4n) is 2.49. The highest BCUT2D eigenvalue weighted by atomic mass is 16.6. The minimum Gasteiger partial charge on any atom is -0.378 e. The maximum atomic E-state index is 11.0. The van der Waals surface area contributed by atoms with E-state index in [9.17, 15) is 10.1 Å². The van der Waals surface area contributed by atoms with Crippen molar-refractivity contribution in [2.45, 2.75) is 32.2 Å². The number of nitrogens with one attached hydrogen (secondary N) is 1. The number of rotatable bonds is 5. The Morgan fingerprint density at radius 2 is 2.20 bits per heavy atom.